The Balaban J connectivity index is 2.30. The van der Waals surface area contributed by atoms with E-state index < -0.39 is 11.5 Å². The maximum absolute atomic E-state index is 11.2. The van der Waals surface area contributed by atoms with Crippen molar-refractivity contribution >= 4 is 5.97 Å². The second-order valence-electron chi connectivity index (χ2n) is 5.15. The van der Waals surface area contributed by atoms with Gasteiger partial charge in [0.1, 0.15) is 0 Å². The largest absolute Gasteiger partial charge is 0.479 e. The zero-order valence-corrected chi connectivity index (χ0v) is 10.3. The monoisotopic (exact) mass is 238 g/mol. The van der Waals surface area contributed by atoms with E-state index in [9.17, 15) is 9.90 Å². The van der Waals surface area contributed by atoms with Gasteiger partial charge in [-0.1, -0.05) is 19.3 Å². The third-order valence-corrected chi connectivity index (χ3v) is 3.52. The van der Waals surface area contributed by atoms with E-state index in [1.807, 2.05) is 0 Å². The summed E-state index contributed by atoms with van der Waals surface area (Å²) in [5.74, 6) is 0.108. The molecule has 1 saturated carbocycles. The van der Waals surface area contributed by atoms with Crippen LogP contribution in [0.2, 0.25) is 0 Å². The van der Waals surface area contributed by atoms with Crippen LogP contribution in [0.15, 0.2) is 0 Å². The van der Waals surface area contributed by atoms with E-state index in [1.54, 1.807) is 13.8 Å². The lowest BCUT2D eigenvalue weighted by Crippen LogP contribution is -2.38. The SMILES string of the molecule is CC(C)(C(=O)O)n1nnnc1C1CCCCC1. The van der Waals surface area contributed by atoms with Crippen LogP contribution in [-0.2, 0) is 10.3 Å². The lowest BCUT2D eigenvalue weighted by atomic mass is 9.88. The molecule has 17 heavy (non-hydrogen) atoms. The van der Waals surface area contributed by atoms with Gasteiger partial charge in [-0.15, -0.1) is 5.10 Å². The van der Waals surface area contributed by atoms with Crippen LogP contribution in [0.3, 0.4) is 0 Å². The van der Waals surface area contributed by atoms with Gasteiger partial charge in [-0.25, -0.2) is 9.48 Å². The highest BCUT2D eigenvalue weighted by Gasteiger charge is 2.35. The molecule has 1 N–H and O–H groups in total. The standard InChI is InChI=1S/C11H18N4O2/c1-11(2,10(16)17)15-9(12-13-14-15)8-6-4-3-5-7-8/h8H,3-7H2,1-2H3,(H,16,17). The van der Waals surface area contributed by atoms with Crippen molar-refractivity contribution in [2.75, 3.05) is 0 Å². The molecule has 0 saturated heterocycles. The van der Waals surface area contributed by atoms with Crippen molar-refractivity contribution in [3.8, 4) is 0 Å². The van der Waals surface area contributed by atoms with Gasteiger partial charge in [-0.3, -0.25) is 0 Å². The molecule has 2 rings (SSSR count). The van der Waals surface area contributed by atoms with E-state index in [1.165, 1.54) is 23.9 Å². The van der Waals surface area contributed by atoms with Crippen LogP contribution in [0, 0.1) is 0 Å². The Labute approximate surface area is 100 Å². The van der Waals surface area contributed by atoms with Crippen molar-refractivity contribution in [1.82, 2.24) is 20.2 Å². The fraction of sp³-hybridized carbons (Fsp3) is 0.818. The van der Waals surface area contributed by atoms with Crippen LogP contribution in [-0.4, -0.2) is 31.3 Å². The fourth-order valence-corrected chi connectivity index (χ4v) is 2.30. The molecule has 0 unspecified atom stereocenters. The first-order valence-electron chi connectivity index (χ1n) is 6.05. The fourth-order valence-electron chi connectivity index (χ4n) is 2.30. The molecule has 0 bridgehead atoms. The molecule has 1 aliphatic carbocycles. The van der Waals surface area contributed by atoms with Gasteiger partial charge in [-0.05, 0) is 37.1 Å². The van der Waals surface area contributed by atoms with Gasteiger partial charge in [0.05, 0.1) is 0 Å². The van der Waals surface area contributed by atoms with Crippen molar-refractivity contribution < 1.29 is 9.90 Å². The maximum atomic E-state index is 11.2. The molecule has 94 valence electrons. The minimum atomic E-state index is -1.09. The van der Waals surface area contributed by atoms with Crippen molar-refractivity contribution in [3.05, 3.63) is 5.82 Å². The number of tetrazole rings is 1. The first kappa shape index (κ1) is 12.0. The second kappa shape index (κ2) is 4.43. The van der Waals surface area contributed by atoms with E-state index in [4.69, 9.17) is 0 Å². The van der Waals surface area contributed by atoms with Gasteiger partial charge < -0.3 is 5.11 Å². The van der Waals surface area contributed by atoms with Crippen LogP contribution >= 0.6 is 0 Å². The molecule has 1 aliphatic rings. The molecule has 0 amide bonds. The first-order valence-corrected chi connectivity index (χ1v) is 6.05. The van der Waals surface area contributed by atoms with Crippen LogP contribution in [0.1, 0.15) is 57.7 Å². The van der Waals surface area contributed by atoms with Gasteiger partial charge in [0.25, 0.3) is 0 Å². The number of aliphatic carboxylic acids is 1. The van der Waals surface area contributed by atoms with Crippen LogP contribution in [0.25, 0.3) is 0 Å². The molecular weight excluding hydrogens is 220 g/mol. The Morgan fingerprint density at radius 3 is 2.59 bits per heavy atom. The van der Waals surface area contributed by atoms with Gasteiger partial charge in [-0.2, -0.15) is 0 Å². The Kier molecular flexibility index (Phi) is 3.13. The minimum absolute atomic E-state index is 0.303. The van der Waals surface area contributed by atoms with E-state index in [0.717, 1.165) is 18.7 Å². The summed E-state index contributed by atoms with van der Waals surface area (Å²) in [6, 6.07) is 0. The third-order valence-electron chi connectivity index (χ3n) is 3.52. The zero-order valence-electron chi connectivity index (χ0n) is 10.3. The molecule has 6 heteroatoms. The highest BCUT2D eigenvalue weighted by molar-refractivity contribution is 5.75. The number of carboxylic acids is 1. The number of rotatable bonds is 3. The van der Waals surface area contributed by atoms with Gasteiger partial charge >= 0.3 is 5.97 Å². The van der Waals surface area contributed by atoms with Crippen molar-refractivity contribution in [1.29, 1.82) is 0 Å². The molecule has 0 radical (unpaired) electrons. The molecule has 1 fully saturated rings. The highest BCUT2D eigenvalue weighted by Crippen LogP contribution is 2.32. The van der Waals surface area contributed by atoms with Crippen molar-refractivity contribution in [3.63, 3.8) is 0 Å². The molecule has 1 aromatic rings. The number of nitrogens with zero attached hydrogens (tertiary/aromatic N) is 4. The quantitative estimate of drug-likeness (QED) is 0.863. The van der Waals surface area contributed by atoms with E-state index in [-0.39, 0.29) is 0 Å². The Hall–Kier alpha value is -1.46. The summed E-state index contributed by atoms with van der Waals surface area (Å²) in [5.41, 5.74) is -1.09. The summed E-state index contributed by atoms with van der Waals surface area (Å²) >= 11 is 0. The molecule has 6 nitrogen and oxygen atoms in total. The lowest BCUT2D eigenvalue weighted by molar-refractivity contribution is -0.146. The molecule has 0 aliphatic heterocycles. The van der Waals surface area contributed by atoms with Crippen molar-refractivity contribution in [2.24, 2.45) is 0 Å². The van der Waals surface area contributed by atoms with E-state index >= 15 is 0 Å². The van der Waals surface area contributed by atoms with Gasteiger partial charge in [0.2, 0.25) is 0 Å². The molecule has 1 heterocycles. The lowest BCUT2D eigenvalue weighted by Gasteiger charge is -2.25. The number of carbonyl (C=O) groups is 1. The summed E-state index contributed by atoms with van der Waals surface area (Å²) in [6.07, 6.45) is 5.70. The molecule has 0 atom stereocenters. The molecular formula is C11H18N4O2. The summed E-state index contributed by atoms with van der Waals surface area (Å²) in [7, 11) is 0. The highest BCUT2D eigenvalue weighted by atomic mass is 16.4. The van der Waals surface area contributed by atoms with Crippen LogP contribution < -0.4 is 0 Å². The summed E-state index contributed by atoms with van der Waals surface area (Å²) in [6.45, 7) is 3.25. The smallest absolute Gasteiger partial charge is 0.331 e. The number of hydrogen-bond acceptors (Lipinski definition) is 4. The number of hydrogen-bond donors (Lipinski definition) is 1. The molecule has 0 aromatic carbocycles. The average molecular weight is 238 g/mol. The zero-order chi connectivity index (χ0) is 12.5. The van der Waals surface area contributed by atoms with Crippen LogP contribution in [0.5, 0.6) is 0 Å². The summed E-state index contributed by atoms with van der Waals surface area (Å²) < 4.78 is 1.46. The first-order chi connectivity index (χ1) is 8.03. The summed E-state index contributed by atoms with van der Waals surface area (Å²) in [5, 5.41) is 20.8. The Morgan fingerprint density at radius 1 is 1.35 bits per heavy atom. The molecule has 1 aromatic heterocycles. The minimum Gasteiger partial charge on any atom is -0.479 e. The number of aromatic nitrogens is 4. The van der Waals surface area contributed by atoms with Crippen LogP contribution in [0.4, 0.5) is 0 Å². The third kappa shape index (κ3) is 2.16. The van der Waals surface area contributed by atoms with Crippen molar-refractivity contribution in [2.45, 2.75) is 57.4 Å². The second-order valence-corrected chi connectivity index (χ2v) is 5.15. The Bertz CT molecular complexity index is 407. The summed E-state index contributed by atoms with van der Waals surface area (Å²) in [4.78, 5) is 11.2. The Morgan fingerprint density at radius 2 is 2.00 bits per heavy atom. The molecule has 0 spiro atoms. The number of carboxylic acid groups (broad SMARTS) is 1. The van der Waals surface area contributed by atoms with Gasteiger partial charge in [0.15, 0.2) is 11.4 Å². The predicted molar refractivity (Wildman–Crippen MR) is 60.6 cm³/mol. The van der Waals surface area contributed by atoms with Gasteiger partial charge in [0, 0.05) is 5.92 Å². The van der Waals surface area contributed by atoms with E-state index in [0.29, 0.717) is 5.92 Å². The average Bonchev–Trinajstić information content (AvgIpc) is 2.79. The maximum Gasteiger partial charge on any atom is 0.331 e. The predicted octanol–water partition coefficient (Wildman–Crippen LogP) is 1.54. The van der Waals surface area contributed by atoms with E-state index in [2.05, 4.69) is 15.5 Å². The normalized spacial score (nSPS) is 18.2. The topological polar surface area (TPSA) is 80.9 Å².